The SMILES string of the molecule is CNCc1ccc(S(=O)(=O)NC(C)Cc2ccccc2)o1. The van der Waals surface area contributed by atoms with Gasteiger partial charge >= 0.3 is 0 Å². The van der Waals surface area contributed by atoms with E-state index in [1.54, 1.807) is 13.1 Å². The maximum atomic E-state index is 12.2. The summed E-state index contributed by atoms with van der Waals surface area (Å²) in [6.45, 7) is 2.33. The molecule has 6 heteroatoms. The molecular formula is C15H20N2O3S. The van der Waals surface area contributed by atoms with Crippen molar-refractivity contribution < 1.29 is 12.8 Å². The van der Waals surface area contributed by atoms with Gasteiger partial charge in [0, 0.05) is 6.04 Å². The zero-order valence-corrected chi connectivity index (χ0v) is 13.0. The molecule has 5 nitrogen and oxygen atoms in total. The summed E-state index contributed by atoms with van der Waals surface area (Å²) < 4.78 is 32.4. The lowest BCUT2D eigenvalue weighted by molar-refractivity contribution is 0.402. The summed E-state index contributed by atoms with van der Waals surface area (Å²) in [5.41, 5.74) is 1.09. The van der Waals surface area contributed by atoms with Gasteiger partial charge < -0.3 is 9.73 Å². The fourth-order valence-corrected chi connectivity index (χ4v) is 3.30. The molecule has 1 heterocycles. The molecule has 1 aromatic carbocycles. The van der Waals surface area contributed by atoms with E-state index in [4.69, 9.17) is 4.42 Å². The van der Waals surface area contributed by atoms with Gasteiger partial charge in [-0.2, -0.15) is 0 Å². The molecule has 0 radical (unpaired) electrons. The number of benzene rings is 1. The summed E-state index contributed by atoms with van der Waals surface area (Å²) in [6, 6.07) is 12.7. The maximum absolute atomic E-state index is 12.2. The fourth-order valence-electron chi connectivity index (χ4n) is 2.10. The molecule has 0 spiro atoms. The zero-order valence-electron chi connectivity index (χ0n) is 12.2. The molecule has 0 amide bonds. The smallest absolute Gasteiger partial charge is 0.274 e. The standard InChI is InChI=1S/C15H20N2O3S/c1-12(10-13-6-4-3-5-7-13)17-21(18,19)15-9-8-14(20-15)11-16-2/h3-9,12,16-17H,10-11H2,1-2H3. The van der Waals surface area contributed by atoms with Gasteiger partial charge in [-0.1, -0.05) is 30.3 Å². The Morgan fingerprint density at radius 2 is 1.86 bits per heavy atom. The minimum Gasteiger partial charge on any atom is -0.447 e. The molecule has 1 unspecified atom stereocenters. The lowest BCUT2D eigenvalue weighted by Gasteiger charge is -2.13. The van der Waals surface area contributed by atoms with Crippen molar-refractivity contribution in [2.24, 2.45) is 0 Å². The first-order valence-electron chi connectivity index (χ1n) is 6.81. The van der Waals surface area contributed by atoms with E-state index < -0.39 is 10.0 Å². The van der Waals surface area contributed by atoms with Gasteiger partial charge in [0.1, 0.15) is 5.76 Å². The van der Waals surface area contributed by atoms with E-state index in [2.05, 4.69) is 10.0 Å². The second kappa shape index (κ2) is 6.89. The third-order valence-corrected chi connectivity index (χ3v) is 4.46. The molecule has 0 saturated carbocycles. The van der Waals surface area contributed by atoms with Crippen molar-refractivity contribution in [1.82, 2.24) is 10.0 Å². The molecule has 0 aliphatic rings. The van der Waals surface area contributed by atoms with E-state index in [0.29, 0.717) is 18.7 Å². The topological polar surface area (TPSA) is 71.3 Å². The Hall–Kier alpha value is -1.63. The number of hydrogen-bond acceptors (Lipinski definition) is 4. The summed E-state index contributed by atoms with van der Waals surface area (Å²) in [7, 11) is -1.85. The predicted molar refractivity (Wildman–Crippen MR) is 81.4 cm³/mol. The molecule has 2 aromatic rings. The number of hydrogen-bond donors (Lipinski definition) is 2. The molecule has 114 valence electrons. The van der Waals surface area contributed by atoms with Crippen molar-refractivity contribution in [3.05, 3.63) is 53.8 Å². The normalized spacial score (nSPS) is 13.2. The van der Waals surface area contributed by atoms with Crippen molar-refractivity contribution in [1.29, 1.82) is 0 Å². The molecule has 1 atom stereocenters. The van der Waals surface area contributed by atoms with Crippen LogP contribution >= 0.6 is 0 Å². The van der Waals surface area contributed by atoms with Gasteiger partial charge in [0.05, 0.1) is 6.54 Å². The molecular weight excluding hydrogens is 288 g/mol. The first-order valence-corrected chi connectivity index (χ1v) is 8.29. The second-order valence-corrected chi connectivity index (χ2v) is 6.61. The van der Waals surface area contributed by atoms with Crippen LogP contribution in [0.15, 0.2) is 52.0 Å². The van der Waals surface area contributed by atoms with Gasteiger partial charge in [-0.3, -0.25) is 0 Å². The summed E-state index contributed by atoms with van der Waals surface area (Å²) in [5.74, 6) is 0.591. The van der Waals surface area contributed by atoms with Crippen molar-refractivity contribution in [2.45, 2.75) is 31.0 Å². The maximum Gasteiger partial charge on any atom is 0.274 e. The number of rotatable bonds is 7. The Morgan fingerprint density at radius 3 is 2.52 bits per heavy atom. The largest absolute Gasteiger partial charge is 0.447 e. The van der Waals surface area contributed by atoms with Crippen LogP contribution in [0.3, 0.4) is 0 Å². The van der Waals surface area contributed by atoms with Crippen LogP contribution in [0.5, 0.6) is 0 Å². The van der Waals surface area contributed by atoms with E-state index in [1.807, 2.05) is 37.3 Å². The van der Waals surface area contributed by atoms with E-state index in [0.717, 1.165) is 5.56 Å². The molecule has 2 N–H and O–H groups in total. The van der Waals surface area contributed by atoms with E-state index in [1.165, 1.54) is 6.07 Å². The highest BCUT2D eigenvalue weighted by atomic mass is 32.2. The van der Waals surface area contributed by atoms with Crippen LogP contribution in [0.1, 0.15) is 18.2 Å². The fraction of sp³-hybridized carbons (Fsp3) is 0.333. The highest BCUT2D eigenvalue weighted by Gasteiger charge is 2.21. The second-order valence-electron chi connectivity index (χ2n) is 4.96. The lowest BCUT2D eigenvalue weighted by Crippen LogP contribution is -2.33. The molecule has 21 heavy (non-hydrogen) atoms. The van der Waals surface area contributed by atoms with Gasteiger partial charge in [0.2, 0.25) is 5.09 Å². The van der Waals surface area contributed by atoms with Crippen LogP contribution in [-0.2, 0) is 23.0 Å². The molecule has 0 fully saturated rings. The summed E-state index contributed by atoms with van der Waals surface area (Å²) in [4.78, 5) is 0. The first-order chi connectivity index (χ1) is 10.0. The van der Waals surface area contributed by atoms with Gasteiger partial charge in [0.25, 0.3) is 10.0 Å². The highest BCUT2D eigenvalue weighted by Crippen LogP contribution is 2.15. The molecule has 0 aliphatic heterocycles. The van der Waals surface area contributed by atoms with Crippen LogP contribution in [0.4, 0.5) is 0 Å². The van der Waals surface area contributed by atoms with Crippen molar-refractivity contribution >= 4 is 10.0 Å². The highest BCUT2D eigenvalue weighted by molar-refractivity contribution is 7.89. The van der Waals surface area contributed by atoms with Gasteiger partial charge in [-0.25, -0.2) is 13.1 Å². The van der Waals surface area contributed by atoms with Crippen molar-refractivity contribution in [3.63, 3.8) is 0 Å². The summed E-state index contributed by atoms with van der Waals surface area (Å²) >= 11 is 0. The number of furan rings is 1. The minimum absolute atomic E-state index is 0.0485. The Bertz CT molecular complexity index is 665. The summed E-state index contributed by atoms with van der Waals surface area (Å²) in [5, 5.41) is 2.86. The third-order valence-electron chi connectivity index (χ3n) is 2.99. The van der Waals surface area contributed by atoms with E-state index >= 15 is 0 Å². The van der Waals surface area contributed by atoms with Crippen molar-refractivity contribution in [2.75, 3.05) is 7.05 Å². The molecule has 2 rings (SSSR count). The Kier molecular flexibility index (Phi) is 5.17. The molecule has 0 saturated heterocycles. The molecule has 0 bridgehead atoms. The first kappa shape index (κ1) is 15.8. The summed E-state index contributed by atoms with van der Waals surface area (Å²) in [6.07, 6.45) is 0.629. The zero-order chi connectivity index (χ0) is 15.3. The van der Waals surface area contributed by atoms with Crippen LogP contribution in [0.2, 0.25) is 0 Å². The predicted octanol–water partition coefficient (Wildman–Crippen LogP) is 1.91. The quantitative estimate of drug-likeness (QED) is 0.819. The van der Waals surface area contributed by atoms with Crippen LogP contribution < -0.4 is 10.0 Å². The van der Waals surface area contributed by atoms with Crippen LogP contribution in [0, 0.1) is 0 Å². The van der Waals surface area contributed by atoms with Gasteiger partial charge in [-0.05, 0) is 38.1 Å². The van der Waals surface area contributed by atoms with E-state index in [9.17, 15) is 8.42 Å². The Morgan fingerprint density at radius 1 is 1.14 bits per heavy atom. The monoisotopic (exact) mass is 308 g/mol. The number of nitrogens with one attached hydrogen (secondary N) is 2. The minimum atomic E-state index is -3.62. The molecule has 0 aliphatic carbocycles. The van der Waals surface area contributed by atoms with Crippen LogP contribution in [0.25, 0.3) is 0 Å². The Balaban J connectivity index is 2.02. The average molecular weight is 308 g/mol. The molecule has 1 aromatic heterocycles. The van der Waals surface area contributed by atoms with Crippen LogP contribution in [-0.4, -0.2) is 21.5 Å². The van der Waals surface area contributed by atoms with E-state index in [-0.39, 0.29) is 11.1 Å². The Labute approximate surface area is 125 Å². The lowest BCUT2D eigenvalue weighted by atomic mass is 10.1. The average Bonchev–Trinajstić information content (AvgIpc) is 2.89. The van der Waals surface area contributed by atoms with Gasteiger partial charge in [0.15, 0.2) is 0 Å². The van der Waals surface area contributed by atoms with Crippen molar-refractivity contribution in [3.8, 4) is 0 Å². The third kappa shape index (κ3) is 4.42. The number of sulfonamides is 1. The van der Waals surface area contributed by atoms with Gasteiger partial charge in [-0.15, -0.1) is 0 Å².